The predicted molar refractivity (Wildman–Crippen MR) is 141 cm³/mol. The van der Waals surface area contributed by atoms with E-state index in [1.807, 2.05) is 60.7 Å². The highest BCUT2D eigenvalue weighted by Crippen LogP contribution is 2.35. The van der Waals surface area contributed by atoms with Crippen molar-refractivity contribution in [3.05, 3.63) is 118 Å². The molecule has 176 valence electrons. The Morgan fingerprint density at radius 3 is 2.28 bits per heavy atom. The molecule has 4 aromatic carbocycles. The van der Waals surface area contributed by atoms with E-state index >= 15 is 4.39 Å². The van der Waals surface area contributed by atoms with Crippen LogP contribution in [-0.2, 0) is 9.84 Å². The Morgan fingerprint density at radius 2 is 1.58 bits per heavy atom. The molecule has 5 aromatic rings. The van der Waals surface area contributed by atoms with Gasteiger partial charge in [0.05, 0.1) is 10.6 Å². The monoisotopic (exact) mass is 512 g/mol. The van der Waals surface area contributed by atoms with Gasteiger partial charge in [-0.1, -0.05) is 72.3 Å². The first kappa shape index (κ1) is 23.6. The molecule has 1 N–H and O–H groups in total. The number of benzene rings is 4. The molecule has 0 aliphatic rings. The van der Waals surface area contributed by atoms with Crippen LogP contribution in [0.5, 0.6) is 0 Å². The van der Waals surface area contributed by atoms with Gasteiger partial charge in [0.1, 0.15) is 16.8 Å². The zero-order valence-electron chi connectivity index (χ0n) is 18.7. The molecule has 0 aliphatic carbocycles. The molecule has 0 bridgehead atoms. The minimum absolute atomic E-state index is 0.0423. The number of allylic oxidation sites excluding steroid dienone is 1. The summed E-state index contributed by atoms with van der Waals surface area (Å²) >= 11 is 5.90. The highest BCUT2D eigenvalue weighted by atomic mass is 35.5. The maximum Gasteiger partial charge on any atom is 0.216 e. The third kappa shape index (κ3) is 4.31. The van der Waals surface area contributed by atoms with Crippen molar-refractivity contribution in [2.24, 2.45) is 0 Å². The quantitative estimate of drug-likeness (QED) is 0.246. The summed E-state index contributed by atoms with van der Waals surface area (Å²) in [6.07, 6.45) is 1.33. The fourth-order valence-electron chi connectivity index (χ4n) is 4.11. The molecule has 4 nitrogen and oxygen atoms in total. The lowest BCUT2D eigenvalue weighted by Gasteiger charge is -2.08. The summed E-state index contributed by atoms with van der Waals surface area (Å²) in [5.74, 6) is -0.415. The van der Waals surface area contributed by atoms with Gasteiger partial charge in [-0.05, 0) is 48.0 Å². The molecule has 7 heteroatoms. The van der Waals surface area contributed by atoms with Crippen molar-refractivity contribution in [2.45, 2.75) is 4.90 Å². The topological polar surface area (TPSA) is 73.7 Å². The Hall–Kier alpha value is -4.18. The number of rotatable bonds is 5. The van der Waals surface area contributed by atoms with Gasteiger partial charge in [-0.25, -0.2) is 12.8 Å². The largest absolute Gasteiger partial charge is 0.354 e. The minimum atomic E-state index is -4.11. The van der Waals surface area contributed by atoms with E-state index in [-0.39, 0.29) is 4.90 Å². The van der Waals surface area contributed by atoms with E-state index in [0.29, 0.717) is 32.8 Å². The molecule has 0 radical (unpaired) electrons. The Balaban J connectivity index is 1.68. The number of fused-ring (bicyclic) bond motifs is 1. The van der Waals surface area contributed by atoms with Gasteiger partial charge in [-0.2, -0.15) is 5.26 Å². The second-order valence-electron chi connectivity index (χ2n) is 8.10. The lowest BCUT2D eigenvalue weighted by atomic mass is 10.00. The van der Waals surface area contributed by atoms with Crippen molar-refractivity contribution < 1.29 is 12.8 Å². The van der Waals surface area contributed by atoms with Crippen molar-refractivity contribution in [2.75, 3.05) is 0 Å². The number of para-hydroxylation sites is 1. The minimum Gasteiger partial charge on any atom is -0.354 e. The fraction of sp³-hybridized carbons (Fsp3) is 0. The molecule has 0 fully saturated rings. The van der Waals surface area contributed by atoms with Gasteiger partial charge in [-0.3, -0.25) is 0 Å². The van der Waals surface area contributed by atoms with Crippen LogP contribution in [0.15, 0.2) is 107 Å². The number of hydrogen-bond acceptors (Lipinski definition) is 3. The Labute approximate surface area is 212 Å². The smallest absolute Gasteiger partial charge is 0.216 e. The van der Waals surface area contributed by atoms with Gasteiger partial charge < -0.3 is 4.98 Å². The van der Waals surface area contributed by atoms with Gasteiger partial charge in [-0.15, -0.1) is 0 Å². The molecule has 1 heterocycles. The van der Waals surface area contributed by atoms with E-state index in [9.17, 15) is 13.7 Å². The van der Waals surface area contributed by atoms with Crippen LogP contribution in [0.3, 0.4) is 0 Å². The fourth-order valence-corrected chi connectivity index (χ4v) is 5.37. The molecule has 0 atom stereocenters. The SMILES string of the molecule is N#C/C(=C\c1c(-c2ccc(-c3ccccc3)c(F)c2)[nH]c2ccccc12)S(=O)(=O)c1ccc(Cl)cc1. The van der Waals surface area contributed by atoms with Crippen LogP contribution in [0.4, 0.5) is 4.39 Å². The molecule has 0 saturated heterocycles. The van der Waals surface area contributed by atoms with Crippen LogP contribution in [0.1, 0.15) is 5.56 Å². The summed E-state index contributed by atoms with van der Waals surface area (Å²) in [5, 5.41) is 10.9. The lowest BCUT2D eigenvalue weighted by molar-refractivity contribution is 0.603. The summed E-state index contributed by atoms with van der Waals surface area (Å²) in [5.41, 5.74) is 3.44. The summed E-state index contributed by atoms with van der Waals surface area (Å²) in [6.45, 7) is 0. The van der Waals surface area contributed by atoms with E-state index in [0.717, 1.165) is 11.1 Å². The van der Waals surface area contributed by atoms with Crippen molar-refractivity contribution in [1.82, 2.24) is 4.98 Å². The highest BCUT2D eigenvalue weighted by molar-refractivity contribution is 7.95. The first-order valence-corrected chi connectivity index (χ1v) is 12.8. The van der Waals surface area contributed by atoms with Crippen LogP contribution in [0.25, 0.3) is 39.4 Å². The molecule has 0 saturated carbocycles. The van der Waals surface area contributed by atoms with Gasteiger partial charge >= 0.3 is 0 Å². The maximum atomic E-state index is 15.2. The number of hydrogen-bond donors (Lipinski definition) is 1. The second kappa shape index (κ2) is 9.46. The molecule has 0 amide bonds. The maximum absolute atomic E-state index is 15.2. The van der Waals surface area contributed by atoms with Gasteiger partial charge in [0.25, 0.3) is 0 Å². The van der Waals surface area contributed by atoms with Crippen LogP contribution >= 0.6 is 11.6 Å². The molecule has 0 aliphatic heterocycles. The third-order valence-corrected chi connectivity index (χ3v) is 7.82. The molecular weight excluding hydrogens is 495 g/mol. The van der Waals surface area contributed by atoms with Crippen molar-refractivity contribution in [3.8, 4) is 28.5 Å². The van der Waals surface area contributed by atoms with Crippen LogP contribution in [-0.4, -0.2) is 13.4 Å². The lowest BCUT2D eigenvalue weighted by Crippen LogP contribution is -2.03. The number of nitrogens with zero attached hydrogens (tertiary/aromatic N) is 1. The number of nitriles is 1. The van der Waals surface area contributed by atoms with E-state index in [1.165, 1.54) is 36.4 Å². The molecule has 36 heavy (non-hydrogen) atoms. The number of aromatic nitrogens is 1. The molecule has 1 aromatic heterocycles. The summed E-state index contributed by atoms with van der Waals surface area (Å²) in [4.78, 5) is 2.79. The Kier molecular flexibility index (Phi) is 6.19. The average molecular weight is 513 g/mol. The summed E-state index contributed by atoms with van der Waals surface area (Å²) < 4.78 is 41.7. The van der Waals surface area contributed by atoms with E-state index in [1.54, 1.807) is 12.1 Å². The normalized spacial score (nSPS) is 12.0. The first-order chi connectivity index (χ1) is 17.4. The highest BCUT2D eigenvalue weighted by Gasteiger charge is 2.23. The van der Waals surface area contributed by atoms with Gasteiger partial charge in [0, 0.05) is 32.6 Å². The Morgan fingerprint density at radius 1 is 0.889 bits per heavy atom. The number of H-pyrrole nitrogens is 1. The van der Waals surface area contributed by atoms with Gasteiger partial charge in [0.2, 0.25) is 9.84 Å². The van der Waals surface area contributed by atoms with Crippen LogP contribution in [0.2, 0.25) is 5.02 Å². The number of nitrogens with one attached hydrogen (secondary N) is 1. The van der Waals surface area contributed by atoms with Crippen molar-refractivity contribution >= 4 is 38.4 Å². The van der Waals surface area contributed by atoms with Crippen molar-refractivity contribution in [1.29, 1.82) is 5.26 Å². The molecule has 0 spiro atoms. The van der Waals surface area contributed by atoms with Crippen molar-refractivity contribution in [3.63, 3.8) is 0 Å². The summed E-state index contributed by atoms with van der Waals surface area (Å²) in [7, 11) is -4.11. The summed E-state index contributed by atoms with van der Waals surface area (Å²) in [6, 6.07) is 28.8. The van der Waals surface area contributed by atoms with Crippen LogP contribution in [0, 0.1) is 17.1 Å². The van der Waals surface area contributed by atoms with E-state index in [4.69, 9.17) is 11.6 Å². The third-order valence-electron chi connectivity index (χ3n) is 5.89. The predicted octanol–water partition coefficient (Wildman–Crippen LogP) is 7.63. The molecule has 0 unspecified atom stereocenters. The van der Waals surface area contributed by atoms with E-state index < -0.39 is 20.6 Å². The number of sulfone groups is 1. The van der Waals surface area contributed by atoms with E-state index in [2.05, 4.69) is 4.98 Å². The number of aromatic amines is 1. The standard InChI is InChI=1S/C29H18ClFN2O2S/c30-21-11-13-22(14-12-21)36(34,35)23(18-32)17-26-25-8-4-5-9-28(25)33-29(26)20-10-15-24(27(31)16-20)19-6-2-1-3-7-19/h1-17,33H/b23-17+. The first-order valence-electron chi connectivity index (χ1n) is 11.0. The second-order valence-corrected chi connectivity index (χ2v) is 10.5. The number of halogens is 2. The average Bonchev–Trinajstić information content (AvgIpc) is 3.26. The zero-order valence-corrected chi connectivity index (χ0v) is 20.3. The zero-order chi connectivity index (χ0) is 25.3. The van der Waals surface area contributed by atoms with Gasteiger partial charge in [0.15, 0.2) is 0 Å². The molecular formula is C29H18ClFN2O2S. The van der Waals surface area contributed by atoms with Crippen LogP contribution < -0.4 is 0 Å². The Bertz CT molecular complexity index is 1770. The molecule has 5 rings (SSSR count).